The third kappa shape index (κ3) is 5.35. The minimum absolute atomic E-state index is 0.0782. The average molecular weight is 446 g/mol. The number of amides is 1. The number of ether oxygens (including phenoxy) is 2. The van der Waals surface area contributed by atoms with Gasteiger partial charge in [0.05, 0.1) is 31.7 Å². The normalized spacial score (nSPS) is 12.8. The molecule has 0 saturated carbocycles. The first-order valence-electron chi connectivity index (χ1n) is 8.58. The Hall–Kier alpha value is -2.95. The lowest BCUT2D eigenvalue weighted by Gasteiger charge is -2.29. The Kier molecular flexibility index (Phi) is 6.86. The van der Waals surface area contributed by atoms with Gasteiger partial charge >= 0.3 is 6.18 Å². The Bertz CT molecular complexity index is 1010. The summed E-state index contributed by atoms with van der Waals surface area (Å²) in [6, 6.07) is 7.03. The minimum atomic E-state index is -4.51. The summed E-state index contributed by atoms with van der Waals surface area (Å²) in [6.45, 7) is 1.35. The zero-order valence-corrected chi connectivity index (χ0v) is 17.5. The van der Waals surface area contributed by atoms with E-state index in [9.17, 15) is 26.4 Å². The quantitative estimate of drug-likeness (QED) is 0.704. The van der Waals surface area contributed by atoms with Gasteiger partial charge in [-0.25, -0.2) is 8.42 Å². The third-order valence-corrected chi connectivity index (χ3v) is 5.42. The number of methoxy groups -OCH3 is 2. The zero-order valence-electron chi connectivity index (χ0n) is 16.6. The van der Waals surface area contributed by atoms with Gasteiger partial charge in [0.1, 0.15) is 17.5 Å². The highest BCUT2D eigenvalue weighted by Crippen LogP contribution is 2.35. The van der Waals surface area contributed by atoms with E-state index in [1.54, 1.807) is 6.07 Å². The summed E-state index contributed by atoms with van der Waals surface area (Å²) in [5.41, 5.74) is -0.701. The van der Waals surface area contributed by atoms with Crippen LogP contribution in [0.1, 0.15) is 12.5 Å². The molecule has 1 atom stereocenters. The number of anilines is 2. The molecule has 7 nitrogen and oxygen atoms in total. The molecule has 30 heavy (non-hydrogen) atoms. The van der Waals surface area contributed by atoms with Crippen molar-refractivity contribution in [1.82, 2.24) is 0 Å². The topological polar surface area (TPSA) is 84.9 Å². The SMILES string of the molecule is COc1ccc(OC)c(N([C@@H](C)C(=O)Nc2ccc(C(F)(F)F)cc2)S(C)(=O)=O)c1. The van der Waals surface area contributed by atoms with Crippen molar-refractivity contribution in [2.75, 3.05) is 30.1 Å². The Labute approximate surface area is 172 Å². The van der Waals surface area contributed by atoms with E-state index < -0.39 is 33.7 Å². The van der Waals surface area contributed by atoms with Crippen molar-refractivity contribution in [3.63, 3.8) is 0 Å². The van der Waals surface area contributed by atoms with E-state index in [-0.39, 0.29) is 17.1 Å². The Morgan fingerprint density at radius 3 is 2.13 bits per heavy atom. The summed E-state index contributed by atoms with van der Waals surface area (Å²) < 4.78 is 74.2. The summed E-state index contributed by atoms with van der Waals surface area (Å²) in [7, 11) is -1.20. The third-order valence-electron chi connectivity index (χ3n) is 4.19. The molecule has 0 radical (unpaired) electrons. The number of hydrogen-bond donors (Lipinski definition) is 1. The maximum absolute atomic E-state index is 12.7. The molecular weight excluding hydrogens is 425 g/mol. The number of halogens is 3. The van der Waals surface area contributed by atoms with E-state index in [2.05, 4.69) is 5.32 Å². The van der Waals surface area contributed by atoms with Gasteiger partial charge in [0.2, 0.25) is 15.9 Å². The van der Waals surface area contributed by atoms with E-state index in [0.717, 1.165) is 34.8 Å². The van der Waals surface area contributed by atoms with Gasteiger partial charge in [-0.15, -0.1) is 0 Å². The molecule has 0 aliphatic carbocycles. The number of sulfonamides is 1. The highest BCUT2D eigenvalue weighted by molar-refractivity contribution is 7.92. The molecule has 0 bridgehead atoms. The first kappa shape index (κ1) is 23.3. The summed E-state index contributed by atoms with van der Waals surface area (Å²) >= 11 is 0. The number of hydrogen-bond acceptors (Lipinski definition) is 5. The second-order valence-electron chi connectivity index (χ2n) is 6.34. The van der Waals surface area contributed by atoms with Crippen LogP contribution in [0.4, 0.5) is 24.5 Å². The van der Waals surface area contributed by atoms with Gasteiger partial charge in [-0.05, 0) is 43.3 Å². The van der Waals surface area contributed by atoms with E-state index in [1.165, 1.54) is 33.3 Å². The molecule has 0 saturated heterocycles. The van der Waals surface area contributed by atoms with Gasteiger partial charge in [0, 0.05) is 11.8 Å². The maximum Gasteiger partial charge on any atom is 0.416 e. The molecule has 11 heteroatoms. The second kappa shape index (κ2) is 8.82. The predicted octanol–water partition coefficient (Wildman–Crippen LogP) is 3.52. The van der Waals surface area contributed by atoms with Crippen LogP contribution < -0.4 is 19.1 Å². The molecule has 164 valence electrons. The fraction of sp³-hybridized carbons (Fsp3) is 0.316. The average Bonchev–Trinajstić information content (AvgIpc) is 2.66. The number of rotatable bonds is 7. The lowest BCUT2D eigenvalue weighted by Crippen LogP contribution is -2.45. The molecule has 0 aliphatic rings. The van der Waals surface area contributed by atoms with Crippen LogP contribution in [0.3, 0.4) is 0 Å². The lowest BCUT2D eigenvalue weighted by molar-refractivity contribution is -0.137. The first-order chi connectivity index (χ1) is 13.9. The van der Waals surface area contributed by atoms with Crippen LogP contribution in [0.25, 0.3) is 0 Å². The standard InChI is InChI=1S/C19H21F3N2O5S/c1-12(18(25)23-14-7-5-13(6-8-14)19(20,21)22)24(30(4,26)27)16-11-15(28-2)9-10-17(16)29-3/h5-12H,1-4H3,(H,23,25)/t12-/m0/s1. The van der Waals surface area contributed by atoms with Crippen LogP contribution >= 0.6 is 0 Å². The Balaban J connectivity index is 2.36. The van der Waals surface area contributed by atoms with E-state index in [0.29, 0.717) is 5.75 Å². The minimum Gasteiger partial charge on any atom is -0.497 e. The monoisotopic (exact) mass is 446 g/mol. The van der Waals surface area contributed by atoms with Crippen LogP contribution in [-0.4, -0.2) is 40.8 Å². The van der Waals surface area contributed by atoms with Gasteiger partial charge in [-0.3, -0.25) is 9.10 Å². The molecule has 2 rings (SSSR count). The molecule has 2 aromatic carbocycles. The van der Waals surface area contributed by atoms with Gasteiger partial charge in [0.15, 0.2) is 0 Å². The van der Waals surface area contributed by atoms with Crippen LogP contribution in [0, 0.1) is 0 Å². The molecule has 0 unspecified atom stereocenters. The van der Waals surface area contributed by atoms with Crippen molar-refractivity contribution in [3.8, 4) is 11.5 Å². The van der Waals surface area contributed by atoms with E-state index in [4.69, 9.17) is 9.47 Å². The van der Waals surface area contributed by atoms with Crippen molar-refractivity contribution < 1.29 is 35.9 Å². The predicted molar refractivity (Wildman–Crippen MR) is 106 cm³/mol. The van der Waals surface area contributed by atoms with Gasteiger partial charge in [-0.2, -0.15) is 13.2 Å². The molecule has 0 heterocycles. The number of benzene rings is 2. The van der Waals surface area contributed by atoms with Crippen LogP contribution in [0.5, 0.6) is 11.5 Å². The molecule has 0 aromatic heterocycles. The fourth-order valence-electron chi connectivity index (χ4n) is 2.74. The Morgan fingerprint density at radius 2 is 1.67 bits per heavy atom. The fourth-order valence-corrected chi connectivity index (χ4v) is 3.91. The Morgan fingerprint density at radius 1 is 1.07 bits per heavy atom. The van der Waals surface area contributed by atoms with Crippen molar-refractivity contribution >= 4 is 27.3 Å². The highest BCUT2D eigenvalue weighted by atomic mass is 32.2. The molecule has 1 amide bonds. The largest absolute Gasteiger partial charge is 0.497 e. The van der Waals surface area contributed by atoms with Crippen LogP contribution in [0.15, 0.2) is 42.5 Å². The summed E-state index contributed by atoms with van der Waals surface area (Å²) in [5, 5.41) is 2.42. The van der Waals surface area contributed by atoms with E-state index >= 15 is 0 Å². The summed E-state index contributed by atoms with van der Waals surface area (Å²) in [4.78, 5) is 12.7. The maximum atomic E-state index is 12.7. The smallest absolute Gasteiger partial charge is 0.416 e. The first-order valence-corrected chi connectivity index (χ1v) is 10.4. The van der Waals surface area contributed by atoms with Crippen molar-refractivity contribution in [1.29, 1.82) is 0 Å². The summed E-state index contributed by atoms with van der Waals surface area (Å²) in [6.07, 6.45) is -3.58. The summed E-state index contributed by atoms with van der Waals surface area (Å²) in [5.74, 6) is -0.213. The molecule has 0 fully saturated rings. The number of nitrogens with one attached hydrogen (secondary N) is 1. The highest BCUT2D eigenvalue weighted by Gasteiger charge is 2.32. The van der Waals surface area contributed by atoms with Crippen molar-refractivity contribution in [2.45, 2.75) is 19.1 Å². The van der Waals surface area contributed by atoms with E-state index in [1.807, 2.05) is 0 Å². The molecule has 1 N–H and O–H groups in total. The zero-order chi connectivity index (χ0) is 22.7. The van der Waals surface area contributed by atoms with Gasteiger partial charge in [-0.1, -0.05) is 0 Å². The second-order valence-corrected chi connectivity index (χ2v) is 8.20. The van der Waals surface area contributed by atoms with Crippen LogP contribution in [-0.2, 0) is 21.0 Å². The van der Waals surface area contributed by atoms with Gasteiger partial charge < -0.3 is 14.8 Å². The molecular formula is C19H21F3N2O5S. The molecule has 2 aromatic rings. The lowest BCUT2D eigenvalue weighted by atomic mass is 10.2. The van der Waals surface area contributed by atoms with Crippen molar-refractivity contribution in [2.24, 2.45) is 0 Å². The number of alkyl halides is 3. The molecule has 0 aliphatic heterocycles. The number of carbonyl (C=O) groups is 1. The molecule has 0 spiro atoms. The number of carbonyl (C=O) groups excluding carboxylic acids is 1. The van der Waals surface area contributed by atoms with Gasteiger partial charge in [0.25, 0.3) is 0 Å². The van der Waals surface area contributed by atoms with Crippen molar-refractivity contribution in [3.05, 3.63) is 48.0 Å². The number of nitrogens with zero attached hydrogens (tertiary/aromatic N) is 1. The van der Waals surface area contributed by atoms with Crippen LogP contribution in [0.2, 0.25) is 0 Å².